The van der Waals surface area contributed by atoms with Crippen LogP contribution in [-0.4, -0.2) is 11.7 Å². The highest BCUT2D eigenvalue weighted by Crippen LogP contribution is 2.21. The second kappa shape index (κ2) is 5.21. The molecule has 90 valence electrons. The van der Waals surface area contributed by atoms with Crippen LogP contribution in [-0.2, 0) is 0 Å². The van der Waals surface area contributed by atoms with E-state index < -0.39 is 11.9 Å². The van der Waals surface area contributed by atoms with Gasteiger partial charge in [0.2, 0.25) is 0 Å². The first-order valence-electron chi connectivity index (χ1n) is 5.07. The fourth-order valence-electron chi connectivity index (χ4n) is 1.42. The molecule has 0 aliphatic carbocycles. The second-order valence-electron chi connectivity index (χ2n) is 3.54. The number of aliphatic hydroxyl groups is 1. The Balaban J connectivity index is 2.00. The lowest BCUT2D eigenvalue weighted by Crippen LogP contribution is -2.12. The van der Waals surface area contributed by atoms with E-state index in [1.165, 1.54) is 24.5 Å². The number of rotatable bonds is 4. The minimum Gasteiger partial charge on any atom is -0.467 e. The molecule has 2 rings (SSSR count). The van der Waals surface area contributed by atoms with Gasteiger partial charge >= 0.3 is 0 Å². The largest absolute Gasteiger partial charge is 0.467 e. The van der Waals surface area contributed by atoms with Gasteiger partial charge in [0.05, 0.1) is 12.0 Å². The Labute approximate surface area is 103 Å². The quantitative estimate of drug-likeness (QED) is 0.882. The lowest BCUT2D eigenvalue weighted by molar-refractivity contribution is 0.162. The summed E-state index contributed by atoms with van der Waals surface area (Å²) in [6, 6.07) is 7.53. The van der Waals surface area contributed by atoms with Crippen molar-refractivity contribution in [2.45, 2.75) is 6.10 Å². The molecule has 17 heavy (non-hydrogen) atoms. The lowest BCUT2D eigenvalue weighted by atomic mass is 10.2. The van der Waals surface area contributed by atoms with Crippen LogP contribution in [0.4, 0.5) is 10.1 Å². The van der Waals surface area contributed by atoms with Crippen LogP contribution in [0.5, 0.6) is 0 Å². The monoisotopic (exact) mass is 255 g/mol. The van der Waals surface area contributed by atoms with Gasteiger partial charge in [0, 0.05) is 11.6 Å². The van der Waals surface area contributed by atoms with Gasteiger partial charge in [-0.3, -0.25) is 0 Å². The Kier molecular flexibility index (Phi) is 3.66. The summed E-state index contributed by atoms with van der Waals surface area (Å²) in [5.74, 6) is 0.0148. The molecule has 0 fully saturated rings. The topological polar surface area (TPSA) is 45.4 Å². The van der Waals surface area contributed by atoms with Gasteiger partial charge in [0.25, 0.3) is 0 Å². The molecule has 1 atom stereocenters. The summed E-state index contributed by atoms with van der Waals surface area (Å²) in [5, 5.41) is 12.9. The van der Waals surface area contributed by atoms with Crippen LogP contribution in [0.1, 0.15) is 11.9 Å². The summed E-state index contributed by atoms with van der Waals surface area (Å²) >= 11 is 5.74. The lowest BCUT2D eigenvalue weighted by Gasteiger charge is -2.11. The van der Waals surface area contributed by atoms with Gasteiger partial charge in [-0.2, -0.15) is 0 Å². The molecule has 1 aromatic heterocycles. The third-order valence-corrected chi connectivity index (χ3v) is 2.52. The molecule has 0 aliphatic heterocycles. The third-order valence-electron chi connectivity index (χ3n) is 2.29. The van der Waals surface area contributed by atoms with E-state index in [9.17, 15) is 9.50 Å². The van der Waals surface area contributed by atoms with E-state index in [0.29, 0.717) is 10.8 Å². The highest BCUT2D eigenvalue weighted by atomic mass is 35.5. The summed E-state index contributed by atoms with van der Waals surface area (Å²) < 4.78 is 18.4. The summed E-state index contributed by atoms with van der Waals surface area (Å²) in [4.78, 5) is 0. The maximum Gasteiger partial charge on any atom is 0.146 e. The van der Waals surface area contributed by atoms with Crippen LogP contribution in [0.15, 0.2) is 41.0 Å². The molecule has 0 bridgehead atoms. The molecule has 0 saturated heterocycles. The molecule has 2 aromatic rings. The molecule has 2 N–H and O–H groups in total. The summed E-state index contributed by atoms with van der Waals surface area (Å²) in [5.41, 5.74) is 0.253. The third kappa shape index (κ3) is 2.99. The SMILES string of the molecule is OC(CNc1cc(Cl)ccc1F)c1ccco1. The minimum atomic E-state index is -0.830. The molecule has 0 spiro atoms. The Bertz CT molecular complexity index is 487. The van der Waals surface area contributed by atoms with Crippen molar-refractivity contribution in [3.63, 3.8) is 0 Å². The van der Waals surface area contributed by atoms with Crippen molar-refractivity contribution in [1.29, 1.82) is 0 Å². The van der Waals surface area contributed by atoms with Crippen molar-refractivity contribution in [2.24, 2.45) is 0 Å². The standard InChI is InChI=1S/C12H11ClFNO2/c13-8-3-4-9(14)10(6-8)15-7-11(16)12-2-1-5-17-12/h1-6,11,15-16H,7H2. The van der Waals surface area contributed by atoms with E-state index in [1.807, 2.05) is 0 Å². The van der Waals surface area contributed by atoms with Crippen LogP contribution in [0.3, 0.4) is 0 Å². The molecule has 5 heteroatoms. The Morgan fingerprint density at radius 3 is 2.94 bits per heavy atom. The van der Waals surface area contributed by atoms with Gasteiger partial charge in [-0.05, 0) is 30.3 Å². The Morgan fingerprint density at radius 2 is 2.24 bits per heavy atom. The average molecular weight is 256 g/mol. The summed E-state index contributed by atoms with van der Waals surface area (Å²) in [6.07, 6.45) is 0.641. The van der Waals surface area contributed by atoms with E-state index in [4.69, 9.17) is 16.0 Å². The molecule has 1 heterocycles. The first kappa shape index (κ1) is 12.0. The first-order chi connectivity index (χ1) is 8.16. The predicted octanol–water partition coefficient (Wildman–Crippen LogP) is 3.22. The van der Waals surface area contributed by atoms with Gasteiger partial charge in [0.15, 0.2) is 0 Å². The van der Waals surface area contributed by atoms with Gasteiger partial charge in [-0.25, -0.2) is 4.39 Å². The number of hydrogen-bond donors (Lipinski definition) is 2. The second-order valence-corrected chi connectivity index (χ2v) is 3.97. The van der Waals surface area contributed by atoms with Crippen molar-refractivity contribution in [1.82, 2.24) is 0 Å². The van der Waals surface area contributed by atoms with Gasteiger partial charge < -0.3 is 14.8 Å². The van der Waals surface area contributed by atoms with E-state index in [2.05, 4.69) is 5.32 Å². The minimum absolute atomic E-state index is 0.144. The van der Waals surface area contributed by atoms with E-state index >= 15 is 0 Å². The van der Waals surface area contributed by atoms with Crippen molar-refractivity contribution in [2.75, 3.05) is 11.9 Å². The molecule has 0 aliphatic rings. The molecular formula is C12H11ClFNO2. The fourth-order valence-corrected chi connectivity index (χ4v) is 1.59. The molecular weight excluding hydrogens is 245 g/mol. The van der Waals surface area contributed by atoms with Crippen molar-refractivity contribution < 1.29 is 13.9 Å². The Morgan fingerprint density at radius 1 is 1.41 bits per heavy atom. The fraction of sp³-hybridized carbons (Fsp3) is 0.167. The molecule has 0 amide bonds. The highest BCUT2D eigenvalue weighted by Gasteiger charge is 2.11. The van der Waals surface area contributed by atoms with Crippen LogP contribution < -0.4 is 5.32 Å². The van der Waals surface area contributed by atoms with Crippen molar-refractivity contribution >= 4 is 17.3 Å². The number of halogens is 2. The molecule has 0 radical (unpaired) electrons. The number of hydrogen-bond acceptors (Lipinski definition) is 3. The normalized spacial score (nSPS) is 12.4. The first-order valence-corrected chi connectivity index (χ1v) is 5.45. The van der Waals surface area contributed by atoms with E-state index in [0.717, 1.165) is 0 Å². The number of furan rings is 1. The summed E-state index contributed by atoms with van der Waals surface area (Å²) in [6.45, 7) is 0.144. The smallest absolute Gasteiger partial charge is 0.146 e. The number of nitrogens with one attached hydrogen (secondary N) is 1. The predicted molar refractivity (Wildman–Crippen MR) is 63.6 cm³/mol. The van der Waals surface area contributed by atoms with Crippen molar-refractivity contribution in [3.8, 4) is 0 Å². The maximum atomic E-state index is 13.3. The van der Waals surface area contributed by atoms with Gasteiger partial charge in [0.1, 0.15) is 17.7 Å². The number of aliphatic hydroxyl groups excluding tert-OH is 1. The number of anilines is 1. The molecule has 1 aromatic carbocycles. The summed E-state index contributed by atoms with van der Waals surface area (Å²) in [7, 11) is 0. The van der Waals surface area contributed by atoms with Gasteiger partial charge in [-0.15, -0.1) is 0 Å². The molecule has 1 unspecified atom stereocenters. The van der Waals surface area contributed by atoms with E-state index in [-0.39, 0.29) is 12.2 Å². The zero-order valence-electron chi connectivity index (χ0n) is 8.86. The van der Waals surface area contributed by atoms with Crippen LogP contribution in [0.2, 0.25) is 5.02 Å². The molecule has 0 saturated carbocycles. The van der Waals surface area contributed by atoms with Crippen molar-refractivity contribution in [3.05, 3.63) is 53.2 Å². The maximum absolute atomic E-state index is 13.3. The van der Waals surface area contributed by atoms with E-state index in [1.54, 1.807) is 12.1 Å². The zero-order chi connectivity index (χ0) is 12.3. The van der Waals surface area contributed by atoms with Crippen LogP contribution in [0, 0.1) is 5.82 Å². The highest BCUT2D eigenvalue weighted by molar-refractivity contribution is 6.30. The average Bonchev–Trinajstić information content (AvgIpc) is 2.83. The number of benzene rings is 1. The molecule has 3 nitrogen and oxygen atoms in total. The van der Waals surface area contributed by atoms with Crippen LogP contribution in [0.25, 0.3) is 0 Å². The Hall–Kier alpha value is -1.52. The van der Waals surface area contributed by atoms with Crippen LogP contribution >= 0.6 is 11.6 Å². The zero-order valence-corrected chi connectivity index (χ0v) is 9.62. The van der Waals surface area contributed by atoms with Gasteiger partial charge in [-0.1, -0.05) is 11.6 Å².